The van der Waals surface area contributed by atoms with Crippen LogP contribution in [0.15, 0.2) is 30.3 Å². The number of rotatable bonds is 1. The van der Waals surface area contributed by atoms with E-state index in [0.29, 0.717) is 6.04 Å². The molecule has 2 aliphatic rings. The van der Waals surface area contributed by atoms with E-state index in [1.54, 1.807) is 7.11 Å². The van der Waals surface area contributed by atoms with Gasteiger partial charge in [0.1, 0.15) is 5.75 Å². The van der Waals surface area contributed by atoms with Crippen molar-refractivity contribution in [3.05, 3.63) is 47.0 Å². The van der Waals surface area contributed by atoms with Crippen molar-refractivity contribution < 1.29 is 4.74 Å². The van der Waals surface area contributed by atoms with Crippen molar-refractivity contribution in [3.63, 3.8) is 0 Å². The molecule has 0 amide bonds. The highest BCUT2D eigenvalue weighted by Gasteiger charge is 2.33. The first kappa shape index (κ1) is 12.7. The summed E-state index contributed by atoms with van der Waals surface area (Å²) in [5.41, 5.74) is 13.8. The van der Waals surface area contributed by atoms with Crippen LogP contribution in [0.25, 0.3) is 11.1 Å². The fourth-order valence-electron chi connectivity index (χ4n) is 3.87. The normalized spacial score (nSPS) is 19.8. The maximum atomic E-state index is 6.28. The molecular weight excluding hydrogens is 260 g/mol. The van der Waals surface area contributed by atoms with Crippen LogP contribution in [-0.4, -0.2) is 25.6 Å². The molecule has 0 spiro atoms. The second kappa shape index (κ2) is 4.50. The van der Waals surface area contributed by atoms with Crippen LogP contribution in [0.5, 0.6) is 5.75 Å². The number of nitrogens with zero attached hydrogens (tertiary/aromatic N) is 1. The number of ether oxygens (including phenoxy) is 1. The van der Waals surface area contributed by atoms with Crippen molar-refractivity contribution in [2.24, 2.45) is 0 Å². The average Bonchev–Trinajstić information content (AvgIpc) is 2.50. The van der Waals surface area contributed by atoms with Crippen LogP contribution in [0.2, 0.25) is 0 Å². The lowest BCUT2D eigenvalue weighted by Gasteiger charge is -2.40. The van der Waals surface area contributed by atoms with Gasteiger partial charge in [0, 0.05) is 23.8 Å². The molecule has 2 aromatic carbocycles. The number of hydrogen-bond donors (Lipinski definition) is 1. The van der Waals surface area contributed by atoms with Crippen molar-refractivity contribution in [1.82, 2.24) is 4.90 Å². The summed E-state index contributed by atoms with van der Waals surface area (Å²) >= 11 is 0. The highest BCUT2D eigenvalue weighted by Crippen LogP contribution is 2.48. The summed E-state index contributed by atoms with van der Waals surface area (Å²) in [5.74, 6) is 0.933. The smallest absolute Gasteiger partial charge is 0.119 e. The first-order chi connectivity index (χ1) is 10.2. The standard InChI is InChI=1S/C18H20N2O/c1-20-7-6-12-8-13(21-2)10-14-17-11(4-3-5-15(17)19)9-16(20)18(12)14/h3-5,8,10,16H,6-7,9,19H2,1-2H3. The molecule has 0 bridgehead atoms. The molecule has 2 N–H and O–H groups in total. The summed E-state index contributed by atoms with van der Waals surface area (Å²) in [5, 5.41) is 0. The first-order valence-corrected chi connectivity index (χ1v) is 7.48. The fourth-order valence-corrected chi connectivity index (χ4v) is 3.87. The summed E-state index contributed by atoms with van der Waals surface area (Å²) in [6.07, 6.45) is 2.12. The molecule has 0 saturated heterocycles. The van der Waals surface area contributed by atoms with Crippen molar-refractivity contribution in [2.75, 3.05) is 26.4 Å². The summed E-state index contributed by atoms with van der Waals surface area (Å²) < 4.78 is 5.51. The largest absolute Gasteiger partial charge is 0.497 e. The number of nitrogen functional groups attached to an aromatic ring is 1. The quantitative estimate of drug-likeness (QED) is 0.816. The van der Waals surface area contributed by atoms with Crippen LogP contribution in [0.4, 0.5) is 5.69 Å². The zero-order valence-corrected chi connectivity index (χ0v) is 12.5. The molecule has 0 fully saturated rings. The van der Waals surface area contributed by atoms with Gasteiger partial charge in [0.2, 0.25) is 0 Å². The number of nitrogens with two attached hydrogens (primary N) is 1. The summed E-state index contributed by atoms with van der Waals surface area (Å²) in [6.45, 7) is 1.10. The van der Waals surface area contributed by atoms with Gasteiger partial charge in [0.25, 0.3) is 0 Å². The van der Waals surface area contributed by atoms with E-state index >= 15 is 0 Å². The van der Waals surface area contributed by atoms with E-state index in [0.717, 1.165) is 30.8 Å². The Hall–Kier alpha value is -2.00. The maximum absolute atomic E-state index is 6.28. The lowest BCUT2D eigenvalue weighted by Crippen LogP contribution is -2.35. The number of anilines is 1. The van der Waals surface area contributed by atoms with Crippen LogP contribution >= 0.6 is 0 Å². The second-order valence-corrected chi connectivity index (χ2v) is 6.08. The molecule has 2 aromatic rings. The predicted molar refractivity (Wildman–Crippen MR) is 85.6 cm³/mol. The third kappa shape index (κ3) is 1.77. The minimum Gasteiger partial charge on any atom is -0.497 e. The molecule has 1 aliphatic heterocycles. The Morgan fingerprint density at radius 2 is 2.10 bits per heavy atom. The Labute approximate surface area is 125 Å². The second-order valence-electron chi connectivity index (χ2n) is 6.08. The molecule has 3 nitrogen and oxygen atoms in total. The molecule has 0 radical (unpaired) electrons. The Kier molecular flexibility index (Phi) is 2.73. The lowest BCUT2D eigenvalue weighted by atomic mass is 9.76. The summed E-state index contributed by atoms with van der Waals surface area (Å²) in [7, 11) is 3.96. The van der Waals surface area contributed by atoms with Gasteiger partial charge in [-0.3, -0.25) is 4.90 Å². The average molecular weight is 280 g/mol. The third-order valence-electron chi connectivity index (χ3n) is 4.94. The van der Waals surface area contributed by atoms with E-state index < -0.39 is 0 Å². The van der Waals surface area contributed by atoms with Gasteiger partial charge in [0.15, 0.2) is 0 Å². The van der Waals surface area contributed by atoms with E-state index in [1.807, 2.05) is 6.07 Å². The molecule has 0 aromatic heterocycles. The topological polar surface area (TPSA) is 38.5 Å². The van der Waals surface area contributed by atoms with Gasteiger partial charge in [-0.05, 0) is 60.3 Å². The van der Waals surface area contributed by atoms with Crippen molar-refractivity contribution >= 4 is 5.69 Å². The highest BCUT2D eigenvalue weighted by molar-refractivity contribution is 5.85. The maximum Gasteiger partial charge on any atom is 0.119 e. The number of hydrogen-bond acceptors (Lipinski definition) is 3. The minimum absolute atomic E-state index is 0.462. The van der Waals surface area contributed by atoms with Crippen LogP contribution in [-0.2, 0) is 12.8 Å². The summed E-state index contributed by atoms with van der Waals surface area (Å²) in [6, 6.07) is 11.1. The molecule has 0 saturated carbocycles. The van der Waals surface area contributed by atoms with Gasteiger partial charge in [-0.15, -0.1) is 0 Å². The zero-order valence-electron chi connectivity index (χ0n) is 12.5. The van der Waals surface area contributed by atoms with Gasteiger partial charge in [0.05, 0.1) is 7.11 Å². The molecule has 108 valence electrons. The summed E-state index contributed by atoms with van der Waals surface area (Å²) in [4.78, 5) is 2.46. The molecule has 1 atom stereocenters. The van der Waals surface area contributed by atoms with Crippen LogP contribution in [0.1, 0.15) is 22.7 Å². The van der Waals surface area contributed by atoms with Gasteiger partial charge >= 0.3 is 0 Å². The SMILES string of the molecule is COc1cc2c3c(c1)-c1c(N)cccc1CC3N(C)CC2. The minimum atomic E-state index is 0.462. The third-order valence-corrected chi connectivity index (χ3v) is 4.94. The number of fused-ring (bicyclic) bond motifs is 2. The Morgan fingerprint density at radius 3 is 2.90 bits per heavy atom. The van der Waals surface area contributed by atoms with Crippen molar-refractivity contribution in [1.29, 1.82) is 0 Å². The van der Waals surface area contributed by atoms with Gasteiger partial charge in [-0.25, -0.2) is 0 Å². The number of benzene rings is 2. The van der Waals surface area contributed by atoms with Gasteiger partial charge in [-0.2, -0.15) is 0 Å². The van der Waals surface area contributed by atoms with Crippen LogP contribution < -0.4 is 10.5 Å². The number of likely N-dealkylation sites (N-methyl/N-ethyl adjacent to an activating group) is 1. The molecule has 3 heteroatoms. The molecule has 1 aliphatic carbocycles. The Balaban J connectivity index is 2.05. The Bertz CT molecular complexity index is 723. The van der Waals surface area contributed by atoms with E-state index in [1.165, 1.54) is 27.8 Å². The number of methoxy groups -OCH3 is 1. The predicted octanol–water partition coefficient (Wildman–Crippen LogP) is 3.03. The van der Waals surface area contributed by atoms with Crippen molar-refractivity contribution in [3.8, 4) is 16.9 Å². The van der Waals surface area contributed by atoms with Gasteiger partial charge < -0.3 is 10.5 Å². The lowest BCUT2D eigenvalue weighted by molar-refractivity contribution is 0.228. The molecule has 1 unspecified atom stereocenters. The van der Waals surface area contributed by atoms with E-state index in [2.05, 4.69) is 36.2 Å². The zero-order chi connectivity index (χ0) is 14.6. The monoisotopic (exact) mass is 280 g/mol. The molecule has 4 rings (SSSR count). The van der Waals surface area contributed by atoms with E-state index in [-0.39, 0.29) is 0 Å². The fraction of sp³-hybridized carbons (Fsp3) is 0.333. The molecule has 21 heavy (non-hydrogen) atoms. The van der Waals surface area contributed by atoms with E-state index in [9.17, 15) is 0 Å². The van der Waals surface area contributed by atoms with E-state index in [4.69, 9.17) is 10.5 Å². The highest BCUT2D eigenvalue weighted by atomic mass is 16.5. The van der Waals surface area contributed by atoms with Crippen molar-refractivity contribution in [2.45, 2.75) is 18.9 Å². The van der Waals surface area contributed by atoms with Crippen LogP contribution in [0, 0.1) is 0 Å². The first-order valence-electron chi connectivity index (χ1n) is 7.48. The van der Waals surface area contributed by atoms with Crippen LogP contribution in [0.3, 0.4) is 0 Å². The molecular formula is C18H20N2O. The Morgan fingerprint density at radius 1 is 1.24 bits per heavy atom. The van der Waals surface area contributed by atoms with Gasteiger partial charge in [-0.1, -0.05) is 12.1 Å². The molecule has 1 heterocycles.